The monoisotopic (exact) mass is 343 g/mol. The van der Waals surface area contributed by atoms with Gasteiger partial charge in [0, 0.05) is 16.3 Å². The van der Waals surface area contributed by atoms with E-state index in [2.05, 4.69) is 10.3 Å². The molecule has 3 rings (SSSR count). The summed E-state index contributed by atoms with van der Waals surface area (Å²) in [6.07, 6.45) is 0. The number of nitrogens with zero attached hydrogens (tertiary/aromatic N) is 2. The van der Waals surface area contributed by atoms with E-state index in [-0.39, 0.29) is 18.3 Å². The van der Waals surface area contributed by atoms with Crippen molar-refractivity contribution in [2.75, 3.05) is 0 Å². The first-order chi connectivity index (χ1) is 11.2. The van der Waals surface area contributed by atoms with Crippen molar-refractivity contribution >= 4 is 28.6 Å². The average Bonchev–Trinajstić information content (AvgIpc) is 3.22. The second kappa shape index (κ2) is 6.69. The Bertz CT molecular complexity index is 895. The van der Waals surface area contributed by atoms with Gasteiger partial charge in [-0.25, -0.2) is 9.37 Å². The van der Waals surface area contributed by atoms with Gasteiger partial charge in [0.05, 0.1) is 22.7 Å². The number of halogens is 1. The summed E-state index contributed by atoms with van der Waals surface area (Å²) in [5.74, 6) is -0.574. The Morgan fingerprint density at radius 1 is 1.30 bits per heavy atom. The Hall–Kier alpha value is -2.56. The molecule has 0 unspecified atom stereocenters. The van der Waals surface area contributed by atoms with E-state index in [1.54, 1.807) is 35.0 Å². The predicted octanol–water partition coefficient (Wildman–Crippen LogP) is 3.81. The number of nitrogens with one attached hydrogen (secondary N) is 1. The molecule has 0 radical (unpaired) electrons. The summed E-state index contributed by atoms with van der Waals surface area (Å²) in [5, 5.41) is 15.6. The molecule has 23 heavy (non-hydrogen) atoms. The largest absolute Gasteiger partial charge is 0.345 e. The highest BCUT2D eigenvalue weighted by Crippen LogP contribution is 2.24. The van der Waals surface area contributed by atoms with E-state index in [4.69, 9.17) is 5.26 Å². The Labute approximate surface area is 139 Å². The van der Waals surface area contributed by atoms with Gasteiger partial charge in [0.15, 0.2) is 0 Å². The molecule has 0 aliphatic rings. The van der Waals surface area contributed by atoms with Crippen LogP contribution in [0.2, 0.25) is 0 Å². The number of carbonyl (C=O) groups is 1. The van der Waals surface area contributed by atoms with E-state index in [9.17, 15) is 9.18 Å². The third-order valence-electron chi connectivity index (χ3n) is 3.05. The van der Waals surface area contributed by atoms with Crippen LogP contribution < -0.4 is 5.32 Å². The molecular formula is C16H10FN3OS2. The maximum atomic E-state index is 13.7. The fourth-order valence-corrected chi connectivity index (χ4v) is 3.42. The summed E-state index contributed by atoms with van der Waals surface area (Å²) < 4.78 is 13.7. The number of thiazole rings is 1. The fraction of sp³-hybridized carbons (Fsp3) is 0.0625. The van der Waals surface area contributed by atoms with Crippen molar-refractivity contribution in [3.8, 4) is 17.3 Å². The standard InChI is InChI=1S/C16H10FN3OS2/c17-12-4-2-1-3-11(12)13-9-23-15(20-13)7-19-16(21)14-5-10(6-18)8-22-14/h1-5,8-9H,7H2,(H,19,21). The van der Waals surface area contributed by atoms with Gasteiger partial charge in [0.2, 0.25) is 0 Å². The third kappa shape index (κ3) is 3.44. The van der Waals surface area contributed by atoms with Crippen LogP contribution in [0.3, 0.4) is 0 Å². The minimum atomic E-state index is -0.323. The van der Waals surface area contributed by atoms with Crippen LogP contribution in [0.25, 0.3) is 11.3 Å². The fourth-order valence-electron chi connectivity index (χ4n) is 1.94. The molecule has 0 saturated carbocycles. The molecule has 114 valence electrons. The number of nitriles is 1. The van der Waals surface area contributed by atoms with Crippen LogP contribution in [0.15, 0.2) is 41.1 Å². The number of aromatic nitrogens is 1. The maximum absolute atomic E-state index is 13.7. The van der Waals surface area contributed by atoms with Crippen LogP contribution in [0.1, 0.15) is 20.2 Å². The van der Waals surface area contributed by atoms with Crippen LogP contribution in [0.5, 0.6) is 0 Å². The molecule has 2 aromatic heterocycles. The summed E-state index contributed by atoms with van der Waals surface area (Å²) in [6.45, 7) is 0.262. The second-order valence-corrected chi connectivity index (χ2v) is 6.45. The lowest BCUT2D eigenvalue weighted by Crippen LogP contribution is -2.21. The molecule has 2 heterocycles. The van der Waals surface area contributed by atoms with E-state index in [1.165, 1.54) is 28.7 Å². The Balaban J connectivity index is 1.67. The van der Waals surface area contributed by atoms with E-state index in [1.807, 2.05) is 6.07 Å². The second-order valence-electron chi connectivity index (χ2n) is 4.60. The predicted molar refractivity (Wildman–Crippen MR) is 87.7 cm³/mol. The number of thiophene rings is 1. The molecule has 1 N–H and O–H groups in total. The molecule has 0 atom stereocenters. The molecule has 0 aliphatic heterocycles. The molecule has 0 spiro atoms. The molecule has 0 aliphatic carbocycles. The molecule has 0 bridgehead atoms. The lowest BCUT2D eigenvalue weighted by Gasteiger charge is -2.00. The molecule has 7 heteroatoms. The zero-order valence-electron chi connectivity index (χ0n) is 11.7. The smallest absolute Gasteiger partial charge is 0.261 e. The topological polar surface area (TPSA) is 65.8 Å². The van der Waals surface area contributed by atoms with Gasteiger partial charge in [-0.15, -0.1) is 22.7 Å². The first kappa shape index (κ1) is 15.3. The Morgan fingerprint density at radius 2 is 2.13 bits per heavy atom. The number of hydrogen-bond acceptors (Lipinski definition) is 5. The zero-order chi connectivity index (χ0) is 16.2. The van der Waals surface area contributed by atoms with E-state index >= 15 is 0 Å². The van der Waals surface area contributed by atoms with Crippen molar-refractivity contribution < 1.29 is 9.18 Å². The van der Waals surface area contributed by atoms with Crippen molar-refractivity contribution in [1.29, 1.82) is 5.26 Å². The molecule has 4 nitrogen and oxygen atoms in total. The quantitative estimate of drug-likeness (QED) is 0.783. The number of hydrogen-bond donors (Lipinski definition) is 1. The van der Waals surface area contributed by atoms with E-state index < -0.39 is 0 Å². The van der Waals surface area contributed by atoms with Crippen molar-refractivity contribution in [3.63, 3.8) is 0 Å². The van der Waals surface area contributed by atoms with Crippen molar-refractivity contribution in [2.24, 2.45) is 0 Å². The minimum absolute atomic E-state index is 0.251. The van der Waals surface area contributed by atoms with Gasteiger partial charge < -0.3 is 5.32 Å². The Morgan fingerprint density at radius 3 is 2.87 bits per heavy atom. The summed E-state index contributed by atoms with van der Waals surface area (Å²) >= 11 is 2.58. The van der Waals surface area contributed by atoms with Gasteiger partial charge in [0.25, 0.3) is 5.91 Å². The molecule has 0 fully saturated rings. The van der Waals surface area contributed by atoms with Gasteiger partial charge >= 0.3 is 0 Å². The van der Waals surface area contributed by atoms with Crippen molar-refractivity contribution in [2.45, 2.75) is 6.54 Å². The molecule has 0 saturated heterocycles. The Kier molecular flexibility index (Phi) is 4.46. The number of benzene rings is 1. The molecular weight excluding hydrogens is 333 g/mol. The first-order valence-corrected chi connectivity index (χ1v) is 8.39. The van der Waals surface area contributed by atoms with Gasteiger partial charge in [-0.1, -0.05) is 12.1 Å². The summed E-state index contributed by atoms with van der Waals surface area (Å²) in [4.78, 5) is 16.8. The van der Waals surface area contributed by atoms with Crippen LogP contribution >= 0.6 is 22.7 Å². The normalized spacial score (nSPS) is 10.3. The first-order valence-electron chi connectivity index (χ1n) is 6.63. The lowest BCUT2D eigenvalue weighted by atomic mass is 10.2. The number of carbonyl (C=O) groups excluding carboxylic acids is 1. The average molecular weight is 343 g/mol. The van der Waals surface area contributed by atoms with Crippen LogP contribution in [-0.2, 0) is 6.54 Å². The minimum Gasteiger partial charge on any atom is -0.345 e. The van der Waals surface area contributed by atoms with Gasteiger partial charge in [-0.3, -0.25) is 4.79 Å². The van der Waals surface area contributed by atoms with Gasteiger partial charge in [0.1, 0.15) is 16.9 Å². The van der Waals surface area contributed by atoms with Gasteiger partial charge in [-0.05, 0) is 18.2 Å². The summed E-state index contributed by atoms with van der Waals surface area (Å²) in [5.41, 5.74) is 1.47. The van der Waals surface area contributed by atoms with E-state index in [0.29, 0.717) is 26.7 Å². The highest BCUT2D eigenvalue weighted by Gasteiger charge is 2.12. The lowest BCUT2D eigenvalue weighted by molar-refractivity contribution is 0.0955. The number of amides is 1. The van der Waals surface area contributed by atoms with Crippen molar-refractivity contribution in [3.05, 3.63) is 62.4 Å². The number of rotatable bonds is 4. The molecule has 3 aromatic rings. The SMILES string of the molecule is N#Cc1csc(C(=O)NCc2nc(-c3ccccc3F)cs2)c1. The highest BCUT2D eigenvalue weighted by molar-refractivity contribution is 7.12. The van der Waals surface area contributed by atoms with Gasteiger partial charge in [-0.2, -0.15) is 5.26 Å². The summed E-state index contributed by atoms with van der Waals surface area (Å²) in [6, 6.07) is 9.97. The van der Waals surface area contributed by atoms with Crippen LogP contribution in [0, 0.1) is 17.1 Å². The van der Waals surface area contributed by atoms with Crippen LogP contribution in [0.4, 0.5) is 4.39 Å². The highest BCUT2D eigenvalue weighted by atomic mass is 32.1. The molecule has 1 aromatic carbocycles. The maximum Gasteiger partial charge on any atom is 0.261 e. The zero-order valence-corrected chi connectivity index (χ0v) is 13.4. The van der Waals surface area contributed by atoms with Crippen LogP contribution in [-0.4, -0.2) is 10.9 Å². The van der Waals surface area contributed by atoms with Crippen molar-refractivity contribution in [1.82, 2.24) is 10.3 Å². The van der Waals surface area contributed by atoms with E-state index in [0.717, 1.165) is 0 Å². The molecule has 1 amide bonds. The third-order valence-corrected chi connectivity index (χ3v) is 4.83. The summed E-state index contributed by atoms with van der Waals surface area (Å²) in [7, 11) is 0.